The summed E-state index contributed by atoms with van der Waals surface area (Å²) in [5, 5.41) is 10.9. The molecule has 0 atom stereocenters. The first-order valence-corrected chi connectivity index (χ1v) is 19.1. The van der Waals surface area contributed by atoms with Gasteiger partial charge in [-0.3, -0.25) is 0 Å². The molecule has 2 heterocycles. The minimum atomic E-state index is -2.63. The number of hydrogen-bond donors (Lipinski definition) is 0. The Morgan fingerprint density at radius 1 is 0.404 bits per heavy atom. The molecule has 2 aromatic heterocycles. The molecule has 0 radical (unpaired) electrons. The van der Waals surface area contributed by atoms with Crippen molar-refractivity contribution in [3.8, 4) is 5.69 Å². The second kappa shape index (κ2) is 10.9. The van der Waals surface area contributed by atoms with E-state index in [2.05, 4.69) is 182 Å². The van der Waals surface area contributed by atoms with Crippen LogP contribution in [0, 0.1) is 13.8 Å². The Bertz CT molecular complexity index is 2420. The van der Waals surface area contributed by atoms with E-state index in [1.54, 1.807) is 0 Å². The predicted molar refractivity (Wildman–Crippen MR) is 207 cm³/mol. The molecule has 0 saturated carbocycles. The maximum Gasteiger partial charge on any atom is 0.179 e. The van der Waals surface area contributed by atoms with Crippen LogP contribution in [0.25, 0.3) is 47.7 Å². The smallest absolute Gasteiger partial charge is 0.179 e. The lowest BCUT2D eigenvalue weighted by Gasteiger charge is -2.34. The van der Waals surface area contributed by atoms with Crippen LogP contribution < -0.4 is 20.7 Å². The van der Waals surface area contributed by atoms with Crippen molar-refractivity contribution < 1.29 is 0 Å². The number of hydrogen-bond acceptors (Lipinski definition) is 1. The maximum absolute atomic E-state index is 2.63. The molecule has 0 aliphatic carbocycles. The first-order valence-electron chi connectivity index (χ1n) is 16.3. The molecular weight excluding hydrogens is 603 g/mol. The van der Waals surface area contributed by atoms with Gasteiger partial charge in [-0.15, -0.1) is 11.3 Å². The predicted octanol–water partition coefficient (Wildman–Crippen LogP) is 9.15. The standard InChI is InChI=1S/C44H33NSSi/c1-30-18-22-41-37(26-30)38-27-31(2)19-23-42(38)45(41)32-20-24-43-39(28-32)40-29-36(21-25-44(40)46-43)47(33-12-6-3-7-13-33,34-14-8-4-9-15-34)35-16-10-5-11-17-35/h3-29H,1-2H3. The van der Waals surface area contributed by atoms with Gasteiger partial charge in [-0.25, -0.2) is 0 Å². The van der Waals surface area contributed by atoms with Crippen molar-refractivity contribution >= 4 is 82.1 Å². The average molecular weight is 636 g/mol. The van der Waals surface area contributed by atoms with E-state index in [0.29, 0.717) is 0 Å². The van der Waals surface area contributed by atoms with E-state index in [1.807, 2.05) is 11.3 Å². The lowest BCUT2D eigenvalue weighted by Crippen LogP contribution is -2.74. The normalized spacial score (nSPS) is 12.0. The van der Waals surface area contributed by atoms with Crippen molar-refractivity contribution in [2.75, 3.05) is 0 Å². The van der Waals surface area contributed by atoms with Crippen molar-refractivity contribution in [1.82, 2.24) is 4.57 Å². The summed E-state index contributed by atoms with van der Waals surface area (Å²) in [4.78, 5) is 0. The van der Waals surface area contributed by atoms with Crippen molar-refractivity contribution in [2.45, 2.75) is 13.8 Å². The quantitative estimate of drug-likeness (QED) is 0.131. The first kappa shape index (κ1) is 28.0. The monoisotopic (exact) mass is 635 g/mol. The fraction of sp³-hybridized carbons (Fsp3) is 0.0455. The third-order valence-electron chi connectivity index (χ3n) is 9.84. The Morgan fingerprint density at radius 3 is 1.38 bits per heavy atom. The number of thiophene rings is 1. The number of aryl methyl sites for hydroxylation is 2. The number of fused-ring (bicyclic) bond motifs is 6. The van der Waals surface area contributed by atoms with E-state index < -0.39 is 8.07 Å². The molecular formula is C44H33NSSi. The van der Waals surface area contributed by atoms with Crippen molar-refractivity contribution in [3.63, 3.8) is 0 Å². The molecule has 0 bridgehead atoms. The van der Waals surface area contributed by atoms with Crippen molar-refractivity contribution in [2.24, 2.45) is 0 Å². The Hall–Kier alpha value is -5.22. The van der Waals surface area contributed by atoms with Gasteiger partial charge in [0.15, 0.2) is 8.07 Å². The van der Waals surface area contributed by atoms with E-state index in [4.69, 9.17) is 0 Å². The highest BCUT2D eigenvalue weighted by Crippen LogP contribution is 2.38. The van der Waals surface area contributed by atoms with E-state index in [9.17, 15) is 0 Å². The Morgan fingerprint density at radius 2 is 0.872 bits per heavy atom. The Kier molecular flexibility index (Phi) is 6.53. The van der Waals surface area contributed by atoms with Gasteiger partial charge < -0.3 is 4.57 Å². The molecule has 0 unspecified atom stereocenters. The fourth-order valence-corrected chi connectivity index (χ4v) is 13.6. The van der Waals surface area contributed by atoms with Crippen LogP contribution in [0.1, 0.15) is 11.1 Å². The van der Waals surface area contributed by atoms with Gasteiger partial charge >= 0.3 is 0 Å². The molecule has 224 valence electrons. The largest absolute Gasteiger partial charge is 0.309 e. The van der Waals surface area contributed by atoms with Gasteiger partial charge in [0.2, 0.25) is 0 Å². The lowest BCUT2D eigenvalue weighted by atomic mass is 10.1. The van der Waals surface area contributed by atoms with Gasteiger partial charge in [0.05, 0.1) is 11.0 Å². The summed E-state index contributed by atoms with van der Waals surface area (Å²) >= 11 is 1.89. The van der Waals surface area contributed by atoms with E-state index >= 15 is 0 Å². The van der Waals surface area contributed by atoms with Gasteiger partial charge in [0, 0.05) is 36.6 Å². The summed E-state index contributed by atoms with van der Waals surface area (Å²) in [7, 11) is -2.63. The summed E-state index contributed by atoms with van der Waals surface area (Å²) in [6, 6.07) is 61.7. The number of benzene rings is 7. The second-order valence-corrected chi connectivity index (χ2v) is 17.6. The third kappa shape index (κ3) is 4.35. The van der Waals surface area contributed by atoms with Crippen LogP contribution in [-0.2, 0) is 0 Å². The molecule has 3 heteroatoms. The maximum atomic E-state index is 2.52. The molecule has 0 aliphatic rings. The van der Waals surface area contributed by atoms with Crippen LogP contribution >= 0.6 is 11.3 Å². The summed E-state index contributed by atoms with van der Waals surface area (Å²) in [5.74, 6) is 0. The molecule has 0 saturated heterocycles. The highest BCUT2D eigenvalue weighted by Gasteiger charge is 2.41. The molecule has 9 aromatic rings. The van der Waals surface area contributed by atoms with E-state index in [1.165, 1.54) is 79.5 Å². The molecule has 0 N–H and O–H groups in total. The zero-order valence-corrected chi connectivity index (χ0v) is 28.3. The topological polar surface area (TPSA) is 4.93 Å². The minimum absolute atomic E-state index is 1.20. The van der Waals surface area contributed by atoms with Gasteiger partial charge in [-0.1, -0.05) is 126 Å². The number of aromatic nitrogens is 1. The molecule has 7 aromatic carbocycles. The lowest BCUT2D eigenvalue weighted by molar-refractivity contribution is 1.18. The molecule has 0 fully saturated rings. The summed E-state index contributed by atoms with van der Waals surface area (Å²) in [5.41, 5.74) is 6.27. The van der Waals surface area contributed by atoms with Gasteiger partial charge in [0.25, 0.3) is 0 Å². The highest BCUT2D eigenvalue weighted by molar-refractivity contribution is 7.26. The van der Waals surface area contributed by atoms with E-state index in [0.717, 1.165) is 0 Å². The summed E-state index contributed by atoms with van der Waals surface area (Å²) in [6.45, 7) is 4.37. The summed E-state index contributed by atoms with van der Waals surface area (Å²) < 4.78 is 5.10. The zero-order chi connectivity index (χ0) is 31.5. The number of rotatable bonds is 5. The fourth-order valence-electron chi connectivity index (χ4n) is 7.73. The second-order valence-electron chi connectivity index (χ2n) is 12.7. The Labute approximate surface area is 280 Å². The minimum Gasteiger partial charge on any atom is -0.309 e. The van der Waals surface area contributed by atoms with Crippen LogP contribution in [0.2, 0.25) is 0 Å². The van der Waals surface area contributed by atoms with Crippen LogP contribution in [0.5, 0.6) is 0 Å². The molecule has 1 nitrogen and oxygen atoms in total. The van der Waals surface area contributed by atoms with Crippen molar-refractivity contribution in [3.05, 3.63) is 175 Å². The molecule has 0 spiro atoms. The number of nitrogens with zero attached hydrogens (tertiary/aromatic N) is 1. The molecule has 0 amide bonds. The SMILES string of the molecule is Cc1ccc2c(c1)c1cc(C)ccc1n2-c1ccc2sc3ccc([Si](c4ccccc4)(c4ccccc4)c4ccccc4)cc3c2c1. The van der Waals surface area contributed by atoms with Crippen LogP contribution in [0.4, 0.5) is 0 Å². The van der Waals surface area contributed by atoms with Gasteiger partial charge in [-0.05, 0) is 83.1 Å². The van der Waals surface area contributed by atoms with Crippen LogP contribution in [-0.4, -0.2) is 12.6 Å². The molecule has 47 heavy (non-hydrogen) atoms. The highest BCUT2D eigenvalue weighted by atomic mass is 32.1. The average Bonchev–Trinajstić information content (AvgIpc) is 3.64. The summed E-state index contributed by atoms with van der Waals surface area (Å²) in [6.07, 6.45) is 0. The van der Waals surface area contributed by atoms with Gasteiger partial charge in [-0.2, -0.15) is 0 Å². The van der Waals surface area contributed by atoms with Crippen molar-refractivity contribution in [1.29, 1.82) is 0 Å². The van der Waals surface area contributed by atoms with Crippen LogP contribution in [0.15, 0.2) is 164 Å². The van der Waals surface area contributed by atoms with Gasteiger partial charge in [0.1, 0.15) is 0 Å². The Balaban J connectivity index is 1.33. The zero-order valence-electron chi connectivity index (χ0n) is 26.4. The third-order valence-corrected chi connectivity index (χ3v) is 15.8. The molecule has 0 aliphatic heterocycles. The first-order chi connectivity index (χ1) is 23.1. The van der Waals surface area contributed by atoms with E-state index in [-0.39, 0.29) is 0 Å². The van der Waals surface area contributed by atoms with Crippen LogP contribution in [0.3, 0.4) is 0 Å². The molecule has 9 rings (SSSR count).